The average molecular weight is 436 g/mol. The van der Waals surface area contributed by atoms with Gasteiger partial charge in [0.2, 0.25) is 0 Å². The van der Waals surface area contributed by atoms with Crippen LogP contribution in [0.5, 0.6) is 11.5 Å². The molecule has 0 spiro atoms. The van der Waals surface area contributed by atoms with E-state index >= 15 is 0 Å². The second-order valence-corrected chi connectivity index (χ2v) is 7.65. The second-order valence-electron chi connectivity index (χ2n) is 7.24. The summed E-state index contributed by atoms with van der Waals surface area (Å²) in [5.74, 6) is 2.23. The minimum absolute atomic E-state index is 0.440. The van der Waals surface area contributed by atoms with Gasteiger partial charge in [0, 0.05) is 19.5 Å². The quantitative estimate of drug-likeness (QED) is 0.322. The van der Waals surface area contributed by atoms with Gasteiger partial charge in [-0.2, -0.15) is 0 Å². The van der Waals surface area contributed by atoms with Crippen molar-refractivity contribution in [2.45, 2.75) is 26.5 Å². The summed E-state index contributed by atoms with van der Waals surface area (Å²) in [5, 5.41) is 4.01. The van der Waals surface area contributed by atoms with Crippen molar-refractivity contribution in [2.24, 2.45) is 0 Å². The minimum atomic E-state index is 0.440. The summed E-state index contributed by atoms with van der Waals surface area (Å²) in [6, 6.07) is 22.0. The number of aromatic amines is 1. The molecule has 3 aromatic carbocycles. The van der Waals surface area contributed by atoms with E-state index in [9.17, 15) is 0 Å². The van der Waals surface area contributed by atoms with Crippen LogP contribution in [0.1, 0.15) is 23.9 Å². The van der Waals surface area contributed by atoms with E-state index < -0.39 is 0 Å². The molecule has 0 saturated carbocycles. The van der Waals surface area contributed by atoms with E-state index in [-0.39, 0.29) is 0 Å². The molecule has 0 radical (unpaired) electrons. The lowest BCUT2D eigenvalue weighted by Crippen LogP contribution is -2.17. The van der Waals surface area contributed by atoms with Crippen molar-refractivity contribution in [3.05, 3.63) is 88.7 Å². The highest BCUT2D eigenvalue weighted by Crippen LogP contribution is 2.37. The summed E-state index contributed by atoms with van der Waals surface area (Å²) in [7, 11) is 0. The SMILES string of the molecule is CCOc1cc(CNCCc2nc3ccccc3[nH]2)cc(Cl)c1OCc1ccccc1. The first-order valence-electron chi connectivity index (χ1n) is 10.5. The van der Waals surface area contributed by atoms with E-state index in [1.165, 1.54) is 0 Å². The zero-order chi connectivity index (χ0) is 21.5. The topological polar surface area (TPSA) is 59.2 Å². The van der Waals surface area contributed by atoms with Crippen LogP contribution in [0.4, 0.5) is 0 Å². The van der Waals surface area contributed by atoms with Crippen LogP contribution in [-0.2, 0) is 19.6 Å². The highest BCUT2D eigenvalue weighted by molar-refractivity contribution is 6.32. The molecule has 0 aliphatic rings. The van der Waals surface area contributed by atoms with Crippen LogP contribution >= 0.6 is 11.6 Å². The van der Waals surface area contributed by atoms with Gasteiger partial charge in [-0.25, -0.2) is 4.98 Å². The molecule has 0 fully saturated rings. The van der Waals surface area contributed by atoms with E-state index in [4.69, 9.17) is 21.1 Å². The number of ether oxygens (including phenoxy) is 2. The van der Waals surface area contributed by atoms with Gasteiger partial charge in [-0.05, 0) is 42.3 Å². The maximum atomic E-state index is 6.54. The standard InChI is InChI=1S/C25H26ClN3O2/c1-2-30-23-15-19(14-20(26)25(23)31-17-18-8-4-3-5-9-18)16-27-13-12-24-28-21-10-6-7-11-22(21)29-24/h3-11,14-15,27H,2,12-13,16-17H2,1H3,(H,28,29). The van der Waals surface area contributed by atoms with Gasteiger partial charge in [0.25, 0.3) is 0 Å². The first kappa shape index (κ1) is 21.2. The molecular weight excluding hydrogens is 410 g/mol. The number of hydrogen-bond acceptors (Lipinski definition) is 4. The van der Waals surface area contributed by atoms with E-state index in [0.717, 1.165) is 41.0 Å². The lowest BCUT2D eigenvalue weighted by atomic mass is 10.2. The van der Waals surface area contributed by atoms with Crippen LogP contribution in [-0.4, -0.2) is 23.1 Å². The number of halogens is 1. The van der Waals surface area contributed by atoms with Gasteiger partial charge in [0.15, 0.2) is 11.5 Å². The highest BCUT2D eigenvalue weighted by Gasteiger charge is 2.13. The fourth-order valence-electron chi connectivity index (χ4n) is 3.42. The van der Waals surface area contributed by atoms with Gasteiger partial charge in [-0.15, -0.1) is 0 Å². The zero-order valence-corrected chi connectivity index (χ0v) is 18.3. The largest absolute Gasteiger partial charge is 0.490 e. The molecule has 0 unspecified atom stereocenters. The smallest absolute Gasteiger partial charge is 0.180 e. The van der Waals surface area contributed by atoms with Gasteiger partial charge in [-0.3, -0.25) is 0 Å². The summed E-state index contributed by atoms with van der Waals surface area (Å²) in [4.78, 5) is 7.97. The van der Waals surface area contributed by atoms with Gasteiger partial charge in [0.1, 0.15) is 12.4 Å². The maximum Gasteiger partial charge on any atom is 0.180 e. The molecule has 6 heteroatoms. The van der Waals surface area contributed by atoms with Crippen molar-refractivity contribution < 1.29 is 9.47 Å². The maximum absolute atomic E-state index is 6.54. The molecule has 2 N–H and O–H groups in total. The number of hydrogen-bond donors (Lipinski definition) is 2. The van der Waals surface area contributed by atoms with Crippen molar-refractivity contribution in [3.63, 3.8) is 0 Å². The lowest BCUT2D eigenvalue weighted by Gasteiger charge is -2.15. The van der Waals surface area contributed by atoms with Crippen molar-refractivity contribution in [3.8, 4) is 11.5 Å². The molecule has 0 aliphatic heterocycles. The predicted molar refractivity (Wildman–Crippen MR) is 125 cm³/mol. The molecule has 31 heavy (non-hydrogen) atoms. The summed E-state index contributed by atoms with van der Waals surface area (Å²) in [5.41, 5.74) is 4.19. The Morgan fingerprint density at radius 1 is 0.968 bits per heavy atom. The number of H-pyrrole nitrogens is 1. The number of rotatable bonds is 10. The average Bonchev–Trinajstić information content (AvgIpc) is 3.20. The molecule has 1 aromatic heterocycles. The Balaban J connectivity index is 1.36. The number of imidazole rings is 1. The number of para-hydroxylation sites is 2. The molecule has 5 nitrogen and oxygen atoms in total. The number of nitrogens with one attached hydrogen (secondary N) is 2. The van der Waals surface area contributed by atoms with Crippen LogP contribution < -0.4 is 14.8 Å². The summed E-state index contributed by atoms with van der Waals surface area (Å²) in [6.45, 7) is 4.41. The Hall–Kier alpha value is -3.02. The number of fused-ring (bicyclic) bond motifs is 1. The Bertz CT molecular complexity index is 1100. The van der Waals surface area contributed by atoms with Crippen molar-refractivity contribution in [1.82, 2.24) is 15.3 Å². The third kappa shape index (κ3) is 5.57. The number of nitrogens with zero attached hydrogens (tertiary/aromatic N) is 1. The first-order chi connectivity index (χ1) is 15.2. The summed E-state index contributed by atoms with van der Waals surface area (Å²) in [6.07, 6.45) is 0.818. The molecule has 4 aromatic rings. The van der Waals surface area contributed by atoms with Crippen molar-refractivity contribution in [1.29, 1.82) is 0 Å². The molecule has 160 valence electrons. The minimum Gasteiger partial charge on any atom is -0.490 e. The summed E-state index contributed by atoms with van der Waals surface area (Å²) < 4.78 is 11.8. The fourth-order valence-corrected chi connectivity index (χ4v) is 3.71. The van der Waals surface area contributed by atoms with Gasteiger partial charge >= 0.3 is 0 Å². The lowest BCUT2D eigenvalue weighted by molar-refractivity contribution is 0.269. The van der Waals surface area contributed by atoms with Crippen LogP contribution in [0.2, 0.25) is 5.02 Å². The molecule has 4 rings (SSSR count). The van der Waals surface area contributed by atoms with E-state index in [1.807, 2.05) is 73.7 Å². The predicted octanol–water partition coefficient (Wildman–Crippen LogP) is 5.53. The van der Waals surface area contributed by atoms with E-state index in [2.05, 4.69) is 15.3 Å². The molecule has 0 atom stereocenters. The van der Waals surface area contributed by atoms with Crippen LogP contribution in [0, 0.1) is 0 Å². The highest BCUT2D eigenvalue weighted by atomic mass is 35.5. The normalized spacial score (nSPS) is 11.0. The molecule has 0 bridgehead atoms. The van der Waals surface area contributed by atoms with E-state index in [1.54, 1.807) is 0 Å². The van der Waals surface area contributed by atoms with Gasteiger partial charge in [0.05, 0.1) is 22.7 Å². The Labute approximate surface area is 187 Å². The molecule has 1 heterocycles. The third-order valence-corrected chi connectivity index (χ3v) is 5.18. The first-order valence-corrected chi connectivity index (χ1v) is 10.9. The molecular formula is C25H26ClN3O2. The fraction of sp³-hybridized carbons (Fsp3) is 0.240. The monoisotopic (exact) mass is 435 g/mol. The Kier molecular flexibility index (Phi) is 7.07. The van der Waals surface area contributed by atoms with Crippen molar-refractivity contribution in [2.75, 3.05) is 13.2 Å². The molecule has 0 aliphatic carbocycles. The third-order valence-electron chi connectivity index (χ3n) is 4.90. The van der Waals surface area contributed by atoms with Crippen LogP contribution in [0.15, 0.2) is 66.7 Å². The summed E-state index contributed by atoms with van der Waals surface area (Å²) >= 11 is 6.54. The molecule has 0 amide bonds. The van der Waals surface area contributed by atoms with Crippen LogP contribution in [0.3, 0.4) is 0 Å². The Morgan fingerprint density at radius 3 is 2.58 bits per heavy atom. The van der Waals surface area contributed by atoms with E-state index in [0.29, 0.717) is 36.3 Å². The second kappa shape index (κ2) is 10.3. The number of benzene rings is 3. The van der Waals surface area contributed by atoms with Gasteiger partial charge in [-0.1, -0.05) is 54.1 Å². The zero-order valence-electron chi connectivity index (χ0n) is 17.5. The Morgan fingerprint density at radius 2 is 1.77 bits per heavy atom. The number of aromatic nitrogens is 2. The molecule has 0 saturated heterocycles. The van der Waals surface area contributed by atoms with Gasteiger partial charge < -0.3 is 19.8 Å². The van der Waals surface area contributed by atoms with Crippen LogP contribution in [0.25, 0.3) is 11.0 Å². The van der Waals surface area contributed by atoms with Crippen molar-refractivity contribution >= 4 is 22.6 Å².